The third-order valence-electron chi connectivity index (χ3n) is 4.53. The number of hydrogen-bond acceptors (Lipinski definition) is 3. The van der Waals surface area contributed by atoms with E-state index < -0.39 is 12.1 Å². The molecule has 2 amide bonds. The van der Waals surface area contributed by atoms with Crippen molar-refractivity contribution in [3.63, 3.8) is 0 Å². The van der Waals surface area contributed by atoms with E-state index in [0.717, 1.165) is 17.8 Å². The molecule has 0 unspecified atom stereocenters. The van der Waals surface area contributed by atoms with Crippen molar-refractivity contribution in [1.29, 1.82) is 0 Å². The molecule has 2 aromatic carbocycles. The Balaban J connectivity index is 2.05. The molecule has 5 nitrogen and oxygen atoms in total. The van der Waals surface area contributed by atoms with Crippen molar-refractivity contribution in [1.82, 2.24) is 10.6 Å². The molecule has 28 heavy (non-hydrogen) atoms. The molecule has 0 aromatic heterocycles. The van der Waals surface area contributed by atoms with E-state index in [-0.39, 0.29) is 11.4 Å². The lowest BCUT2D eigenvalue weighted by Crippen LogP contribution is -2.52. The predicted molar refractivity (Wildman–Crippen MR) is 116 cm³/mol. The van der Waals surface area contributed by atoms with Crippen LogP contribution in [0.3, 0.4) is 0 Å². The van der Waals surface area contributed by atoms with Crippen molar-refractivity contribution in [2.75, 3.05) is 25.0 Å². The first kappa shape index (κ1) is 21.9. The molecule has 2 atom stereocenters. The third-order valence-corrected chi connectivity index (χ3v) is 4.53. The quantitative estimate of drug-likeness (QED) is 0.654. The molecule has 0 heterocycles. The van der Waals surface area contributed by atoms with E-state index >= 15 is 0 Å². The van der Waals surface area contributed by atoms with Gasteiger partial charge >= 0.3 is 6.03 Å². The summed E-state index contributed by atoms with van der Waals surface area (Å²) < 4.78 is 0. The summed E-state index contributed by atoms with van der Waals surface area (Å²) in [6, 6.07) is 18.8. The van der Waals surface area contributed by atoms with Crippen molar-refractivity contribution in [3.8, 4) is 0 Å². The first-order valence-electron chi connectivity index (χ1n) is 9.78. The Bertz CT molecular complexity index is 714. The van der Waals surface area contributed by atoms with Crippen molar-refractivity contribution >= 4 is 11.7 Å². The topological polar surface area (TPSA) is 64.6 Å². The van der Waals surface area contributed by atoms with Gasteiger partial charge in [0.05, 0.1) is 12.1 Å². The number of aliphatic hydroxyl groups is 1. The van der Waals surface area contributed by atoms with Gasteiger partial charge in [-0.3, -0.25) is 4.90 Å². The van der Waals surface area contributed by atoms with Crippen LogP contribution >= 0.6 is 0 Å². The average molecular weight is 384 g/mol. The zero-order valence-corrected chi connectivity index (χ0v) is 17.4. The van der Waals surface area contributed by atoms with E-state index in [1.54, 1.807) is 11.9 Å². The van der Waals surface area contributed by atoms with Gasteiger partial charge in [-0.2, -0.15) is 0 Å². The summed E-state index contributed by atoms with van der Waals surface area (Å²) in [7, 11) is 1.73. The van der Waals surface area contributed by atoms with Crippen LogP contribution < -0.4 is 15.5 Å². The molecule has 2 rings (SSSR count). The number of carbonyl (C=O) groups is 1. The fraction of sp³-hybridized carbons (Fsp3) is 0.435. The Hall–Kier alpha value is -2.37. The summed E-state index contributed by atoms with van der Waals surface area (Å²) in [6.07, 6.45) is -0.135. The highest BCUT2D eigenvalue weighted by molar-refractivity contribution is 5.91. The van der Waals surface area contributed by atoms with Crippen LogP contribution in [-0.2, 0) is 6.42 Å². The molecule has 0 saturated carbocycles. The van der Waals surface area contributed by atoms with Crippen LogP contribution in [0.2, 0.25) is 0 Å². The second kappa shape index (κ2) is 10.2. The molecule has 0 aliphatic carbocycles. The van der Waals surface area contributed by atoms with Gasteiger partial charge in [-0.15, -0.1) is 0 Å². The predicted octanol–water partition coefficient (Wildman–Crippen LogP) is 3.44. The lowest BCUT2D eigenvalue weighted by molar-refractivity contribution is 0.124. The van der Waals surface area contributed by atoms with E-state index in [9.17, 15) is 9.90 Å². The second-order valence-electron chi connectivity index (χ2n) is 8.40. The normalized spacial score (nSPS) is 13.6. The number of para-hydroxylation sites is 1. The Morgan fingerprint density at radius 2 is 1.61 bits per heavy atom. The van der Waals surface area contributed by atoms with Gasteiger partial charge in [0.2, 0.25) is 0 Å². The molecule has 0 spiro atoms. The third kappa shape index (κ3) is 7.33. The summed E-state index contributed by atoms with van der Waals surface area (Å²) in [5.41, 5.74) is 2.01. The molecule has 0 fully saturated rings. The summed E-state index contributed by atoms with van der Waals surface area (Å²) >= 11 is 0. The minimum absolute atomic E-state index is 0.130. The van der Waals surface area contributed by atoms with Crippen LogP contribution in [-0.4, -0.2) is 43.4 Å². The number of hydrogen-bond donors (Lipinski definition) is 3. The van der Waals surface area contributed by atoms with Crippen LogP contribution in [0.25, 0.3) is 0 Å². The lowest BCUT2D eigenvalue weighted by Gasteiger charge is -2.28. The summed E-state index contributed by atoms with van der Waals surface area (Å²) in [6.45, 7) is 7.64. The van der Waals surface area contributed by atoms with Gasteiger partial charge in [0, 0.05) is 25.8 Å². The molecule has 3 N–H and O–H groups in total. The number of nitrogens with one attached hydrogen (secondary N) is 2. The monoisotopic (exact) mass is 383 g/mol. The van der Waals surface area contributed by atoms with Crippen molar-refractivity contribution < 1.29 is 9.90 Å². The molecule has 0 radical (unpaired) electrons. The summed E-state index contributed by atoms with van der Waals surface area (Å²) in [5.74, 6) is 0. The molecule has 0 bridgehead atoms. The highest BCUT2D eigenvalue weighted by atomic mass is 16.3. The van der Waals surface area contributed by atoms with Crippen molar-refractivity contribution in [2.24, 2.45) is 5.41 Å². The van der Waals surface area contributed by atoms with Crippen LogP contribution in [0.4, 0.5) is 10.5 Å². The van der Waals surface area contributed by atoms with E-state index in [2.05, 4.69) is 31.4 Å². The Kier molecular flexibility index (Phi) is 8.03. The van der Waals surface area contributed by atoms with Crippen LogP contribution in [0, 0.1) is 5.41 Å². The first-order chi connectivity index (χ1) is 13.3. The van der Waals surface area contributed by atoms with Gasteiger partial charge in [-0.1, -0.05) is 69.3 Å². The van der Waals surface area contributed by atoms with Gasteiger partial charge in [0.1, 0.15) is 0 Å². The van der Waals surface area contributed by atoms with Crippen LogP contribution in [0.15, 0.2) is 60.7 Å². The van der Waals surface area contributed by atoms with Crippen LogP contribution in [0.1, 0.15) is 26.3 Å². The van der Waals surface area contributed by atoms with Gasteiger partial charge < -0.3 is 15.7 Å². The minimum Gasteiger partial charge on any atom is -0.390 e. The van der Waals surface area contributed by atoms with E-state index in [4.69, 9.17) is 0 Å². The number of carbonyl (C=O) groups excluding carboxylic acids is 1. The molecule has 2 aromatic rings. The maximum Gasteiger partial charge on any atom is 0.321 e. The summed E-state index contributed by atoms with van der Waals surface area (Å²) in [5, 5.41) is 17.1. The fourth-order valence-electron chi connectivity index (χ4n) is 2.91. The van der Waals surface area contributed by atoms with E-state index in [1.807, 2.05) is 60.7 Å². The van der Waals surface area contributed by atoms with Gasteiger partial charge in [-0.05, 0) is 29.5 Å². The number of amides is 2. The molecular weight excluding hydrogens is 350 g/mol. The zero-order valence-electron chi connectivity index (χ0n) is 17.4. The zero-order chi connectivity index (χ0) is 20.6. The standard InChI is InChI=1S/C23H33N3O2/c1-23(2,3)17-24-16-21(27)20(15-18-11-7-5-8-12-18)25-22(28)26(4)19-13-9-6-10-14-19/h5-14,20-21,24,27H,15-17H2,1-4H3,(H,25,28)/t20-,21+/m0/s1. The number of aliphatic hydroxyl groups excluding tert-OH is 1. The SMILES string of the molecule is CN(C(=O)N[C@@H](Cc1ccccc1)[C@H](O)CNCC(C)(C)C)c1ccccc1. The molecule has 0 aliphatic rings. The Morgan fingerprint density at radius 1 is 1.04 bits per heavy atom. The van der Waals surface area contributed by atoms with Gasteiger partial charge in [0.15, 0.2) is 0 Å². The largest absolute Gasteiger partial charge is 0.390 e. The smallest absolute Gasteiger partial charge is 0.321 e. The number of nitrogens with zero attached hydrogens (tertiary/aromatic N) is 1. The molecule has 0 aliphatic heterocycles. The second-order valence-corrected chi connectivity index (χ2v) is 8.40. The molecular formula is C23H33N3O2. The van der Waals surface area contributed by atoms with E-state index in [0.29, 0.717) is 13.0 Å². The first-order valence-corrected chi connectivity index (χ1v) is 9.78. The maximum atomic E-state index is 12.8. The molecule has 5 heteroatoms. The highest BCUT2D eigenvalue weighted by Gasteiger charge is 2.24. The van der Waals surface area contributed by atoms with Crippen molar-refractivity contribution in [3.05, 3.63) is 66.2 Å². The minimum atomic E-state index is -0.698. The Morgan fingerprint density at radius 3 is 2.18 bits per heavy atom. The average Bonchev–Trinajstić information content (AvgIpc) is 2.67. The maximum absolute atomic E-state index is 12.8. The lowest BCUT2D eigenvalue weighted by atomic mass is 9.96. The highest BCUT2D eigenvalue weighted by Crippen LogP contribution is 2.13. The van der Waals surface area contributed by atoms with Gasteiger partial charge in [-0.25, -0.2) is 4.79 Å². The number of rotatable bonds is 8. The Labute approximate surface area is 168 Å². The van der Waals surface area contributed by atoms with Gasteiger partial charge in [0.25, 0.3) is 0 Å². The fourth-order valence-corrected chi connectivity index (χ4v) is 2.91. The number of benzene rings is 2. The number of anilines is 1. The molecule has 0 saturated heterocycles. The molecule has 152 valence electrons. The van der Waals surface area contributed by atoms with E-state index in [1.165, 1.54) is 0 Å². The van der Waals surface area contributed by atoms with Crippen molar-refractivity contribution in [2.45, 2.75) is 39.3 Å². The van der Waals surface area contributed by atoms with Crippen LogP contribution in [0.5, 0.6) is 0 Å². The summed E-state index contributed by atoms with van der Waals surface area (Å²) in [4.78, 5) is 14.3. The number of urea groups is 1.